The Labute approximate surface area is 111 Å². The Morgan fingerprint density at radius 2 is 2.05 bits per heavy atom. The smallest absolute Gasteiger partial charge is 0.271 e. The zero-order chi connectivity index (χ0) is 13.6. The van der Waals surface area contributed by atoms with E-state index in [9.17, 15) is 14.0 Å². The molecule has 0 aliphatic heterocycles. The normalized spacial score (nSPS) is 11.5. The summed E-state index contributed by atoms with van der Waals surface area (Å²) in [5.74, 6) is -0.397. The average molecular weight is 278 g/mol. The van der Waals surface area contributed by atoms with E-state index in [1.807, 2.05) is 6.92 Å². The third kappa shape index (κ3) is 1.71. The summed E-state index contributed by atoms with van der Waals surface area (Å²) in [6.45, 7) is 1.92. The van der Waals surface area contributed by atoms with Gasteiger partial charge in [0.2, 0.25) is 5.43 Å². The van der Waals surface area contributed by atoms with Crippen LogP contribution in [0.4, 0.5) is 4.39 Å². The quantitative estimate of drug-likeness (QED) is 0.756. The molecule has 0 fully saturated rings. The van der Waals surface area contributed by atoms with Crippen molar-refractivity contribution in [3.63, 3.8) is 0 Å². The number of aryl methyl sites for hydroxylation is 1. The van der Waals surface area contributed by atoms with E-state index in [0.29, 0.717) is 27.7 Å². The van der Waals surface area contributed by atoms with Gasteiger partial charge in [0.15, 0.2) is 0 Å². The Hall–Kier alpha value is -1.95. The fraction of sp³-hybridized carbons (Fsp3) is 0.231. The summed E-state index contributed by atoms with van der Waals surface area (Å²) in [7, 11) is 0. The zero-order valence-electron chi connectivity index (χ0n) is 10.2. The largest absolute Gasteiger partial charge is 0.345 e. The summed E-state index contributed by atoms with van der Waals surface area (Å²) in [5.41, 5.74) is 0.135. The summed E-state index contributed by atoms with van der Waals surface area (Å²) in [6, 6.07) is 2.89. The molecule has 98 valence electrons. The lowest BCUT2D eigenvalue weighted by Crippen LogP contribution is -2.14. The molecule has 0 saturated heterocycles. The van der Waals surface area contributed by atoms with E-state index >= 15 is 0 Å². The number of halogens is 1. The molecule has 0 unspecified atom stereocenters. The summed E-state index contributed by atoms with van der Waals surface area (Å²) >= 11 is 1.08. The number of pyridine rings is 1. The van der Waals surface area contributed by atoms with Crippen LogP contribution in [0.15, 0.2) is 21.7 Å². The molecule has 1 aromatic carbocycles. The molecule has 0 bridgehead atoms. The van der Waals surface area contributed by atoms with Crippen molar-refractivity contribution < 1.29 is 4.39 Å². The van der Waals surface area contributed by atoms with E-state index in [4.69, 9.17) is 0 Å². The fourth-order valence-corrected chi connectivity index (χ4v) is 3.07. The predicted molar refractivity (Wildman–Crippen MR) is 74.5 cm³/mol. The molecule has 0 aliphatic rings. The minimum absolute atomic E-state index is 0.0838. The van der Waals surface area contributed by atoms with Crippen molar-refractivity contribution >= 4 is 32.7 Å². The van der Waals surface area contributed by atoms with Crippen LogP contribution in [0.25, 0.3) is 21.1 Å². The summed E-state index contributed by atoms with van der Waals surface area (Å²) in [5, 5.41) is 0.374. The molecular formula is C13H11FN2O2S. The van der Waals surface area contributed by atoms with Crippen molar-refractivity contribution in [1.82, 2.24) is 9.36 Å². The van der Waals surface area contributed by atoms with Crippen LogP contribution in [0, 0.1) is 5.82 Å². The number of nitrogens with one attached hydrogen (secondary N) is 2. The van der Waals surface area contributed by atoms with E-state index in [0.717, 1.165) is 18.0 Å². The van der Waals surface area contributed by atoms with Crippen molar-refractivity contribution in [2.24, 2.45) is 0 Å². The number of fused-ring (bicyclic) bond motifs is 2. The maximum atomic E-state index is 13.9. The minimum atomic E-state index is -0.421. The molecule has 2 N–H and O–H groups in total. The number of hydrogen-bond donors (Lipinski definition) is 2. The Bertz CT molecular complexity index is 891. The molecule has 19 heavy (non-hydrogen) atoms. The summed E-state index contributed by atoms with van der Waals surface area (Å²) < 4.78 is 16.4. The number of rotatable bonds is 2. The van der Waals surface area contributed by atoms with Crippen LogP contribution >= 0.6 is 11.5 Å². The van der Waals surface area contributed by atoms with Gasteiger partial charge in [-0.3, -0.25) is 14.0 Å². The molecule has 0 saturated carbocycles. The number of H-pyrrole nitrogens is 2. The molecule has 0 atom stereocenters. The molecule has 6 heteroatoms. The zero-order valence-corrected chi connectivity index (χ0v) is 11.0. The second-order valence-electron chi connectivity index (χ2n) is 4.39. The van der Waals surface area contributed by atoms with Crippen LogP contribution in [0.2, 0.25) is 0 Å². The van der Waals surface area contributed by atoms with Crippen molar-refractivity contribution in [3.8, 4) is 0 Å². The van der Waals surface area contributed by atoms with Crippen LogP contribution in [0.1, 0.15) is 18.9 Å². The highest BCUT2D eigenvalue weighted by atomic mass is 32.1. The highest BCUT2D eigenvalue weighted by Gasteiger charge is 2.15. The first-order chi connectivity index (χ1) is 9.13. The third-order valence-corrected chi connectivity index (χ3v) is 3.96. The molecule has 0 spiro atoms. The van der Waals surface area contributed by atoms with Gasteiger partial charge in [-0.25, -0.2) is 4.39 Å². The maximum Gasteiger partial charge on any atom is 0.271 e. The summed E-state index contributed by atoms with van der Waals surface area (Å²) in [4.78, 5) is 27.6. The predicted octanol–water partition coefficient (Wildman–Crippen LogP) is 2.52. The summed E-state index contributed by atoms with van der Waals surface area (Å²) in [6.07, 6.45) is 1.20. The second-order valence-corrected chi connectivity index (χ2v) is 5.21. The van der Waals surface area contributed by atoms with Gasteiger partial charge in [0.25, 0.3) is 5.56 Å². The monoisotopic (exact) mass is 278 g/mol. The van der Waals surface area contributed by atoms with E-state index in [1.54, 1.807) is 0 Å². The van der Waals surface area contributed by atoms with E-state index < -0.39 is 16.8 Å². The van der Waals surface area contributed by atoms with Gasteiger partial charge in [-0.05, 0) is 30.1 Å². The SMILES string of the molecule is CCCc1c(F)ccc2[nH]c3s[nH]c(=O)c3c(=O)c12. The van der Waals surface area contributed by atoms with Crippen molar-refractivity contribution in [2.45, 2.75) is 19.8 Å². The van der Waals surface area contributed by atoms with Crippen LogP contribution in [-0.4, -0.2) is 9.36 Å². The van der Waals surface area contributed by atoms with Crippen LogP contribution in [0.3, 0.4) is 0 Å². The Kier molecular flexibility index (Phi) is 2.74. The van der Waals surface area contributed by atoms with Gasteiger partial charge < -0.3 is 4.98 Å². The Morgan fingerprint density at radius 3 is 2.79 bits per heavy atom. The standard InChI is InChI=1S/C13H11FN2O2S/c1-2-3-6-7(14)4-5-8-9(6)11(17)10-12(18)16-19-13(10)15-8/h4-5H,2-3H2,1H3,(H,15,17)(H,16,18). The molecule has 0 amide bonds. The van der Waals surface area contributed by atoms with Gasteiger partial charge in [0, 0.05) is 5.56 Å². The Morgan fingerprint density at radius 1 is 1.26 bits per heavy atom. The Balaban J connectivity index is 2.58. The maximum absolute atomic E-state index is 13.9. The van der Waals surface area contributed by atoms with Gasteiger partial charge in [-0.15, -0.1) is 0 Å². The van der Waals surface area contributed by atoms with E-state index in [-0.39, 0.29) is 5.39 Å². The lowest BCUT2D eigenvalue weighted by molar-refractivity contribution is 0.610. The van der Waals surface area contributed by atoms with Gasteiger partial charge in [-0.2, -0.15) is 0 Å². The van der Waals surface area contributed by atoms with E-state index in [2.05, 4.69) is 9.36 Å². The number of aromatic nitrogens is 2. The van der Waals surface area contributed by atoms with Gasteiger partial charge in [0.05, 0.1) is 10.9 Å². The van der Waals surface area contributed by atoms with Gasteiger partial charge in [0.1, 0.15) is 16.0 Å². The number of aromatic amines is 2. The number of hydrogen-bond acceptors (Lipinski definition) is 3. The van der Waals surface area contributed by atoms with Crippen molar-refractivity contribution in [1.29, 1.82) is 0 Å². The van der Waals surface area contributed by atoms with E-state index in [1.165, 1.54) is 12.1 Å². The average Bonchev–Trinajstić information content (AvgIpc) is 2.75. The first-order valence-electron chi connectivity index (χ1n) is 5.98. The van der Waals surface area contributed by atoms with Gasteiger partial charge in [-0.1, -0.05) is 13.3 Å². The van der Waals surface area contributed by atoms with Gasteiger partial charge >= 0.3 is 0 Å². The molecule has 2 heterocycles. The molecule has 2 aromatic heterocycles. The highest BCUT2D eigenvalue weighted by Crippen LogP contribution is 2.21. The van der Waals surface area contributed by atoms with Crippen molar-refractivity contribution in [2.75, 3.05) is 0 Å². The first kappa shape index (κ1) is 12.1. The third-order valence-electron chi connectivity index (χ3n) is 3.16. The highest BCUT2D eigenvalue weighted by molar-refractivity contribution is 7.12. The molecule has 0 radical (unpaired) electrons. The molecule has 3 rings (SSSR count). The fourth-order valence-electron chi connectivity index (χ4n) is 2.32. The lowest BCUT2D eigenvalue weighted by atomic mass is 10.0. The molecule has 3 aromatic rings. The first-order valence-corrected chi connectivity index (χ1v) is 6.79. The lowest BCUT2D eigenvalue weighted by Gasteiger charge is -2.06. The topological polar surface area (TPSA) is 65.7 Å². The van der Waals surface area contributed by atoms with Crippen LogP contribution in [-0.2, 0) is 6.42 Å². The van der Waals surface area contributed by atoms with Crippen LogP contribution in [0.5, 0.6) is 0 Å². The second kappa shape index (κ2) is 4.31. The minimum Gasteiger partial charge on any atom is -0.345 e. The molecule has 4 nitrogen and oxygen atoms in total. The van der Waals surface area contributed by atoms with Crippen LogP contribution < -0.4 is 11.0 Å². The molecule has 0 aliphatic carbocycles. The van der Waals surface area contributed by atoms with Crippen molar-refractivity contribution in [3.05, 3.63) is 44.1 Å². The number of benzene rings is 1. The molecular weight excluding hydrogens is 267 g/mol.